The van der Waals surface area contributed by atoms with E-state index in [1.165, 1.54) is 12.1 Å². The van der Waals surface area contributed by atoms with Crippen molar-refractivity contribution >= 4 is 5.78 Å². The molecule has 0 aromatic heterocycles. The zero-order chi connectivity index (χ0) is 8.55. The third kappa shape index (κ3) is 1.18. The number of ether oxygens (including phenoxy) is 1. The number of hydrogen-bond acceptors (Lipinski definition) is 2. The summed E-state index contributed by atoms with van der Waals surface area (Å²) in [6.45, 7) is 0.110. The first kappa shape index (κ1) is 7.28. The maximum atomic E-state index is 12.7. The molecule has 2 nitrogen and oxygen atoms in total. The Bertz CT molecular complexity index is 333. The van der Waals surface area contributed by atoms with Crippen LogP contribution in [0.3, 0.4) is 0 Å². The summed E-state index contributed by atoms with van der Waals surface area (Å²) < 4.78 is 17.7. The van der Waals surface area contributed by atoms with Gasteiger partial charge in [0.2, 0.25) is 0 Å². The number of carbonyl (C=O) groups excluding carboxylic acids is 1. The van der Waals surface area contributed by atoms with E-state index in [2.05, 4.69) is 0 Å². The van der Waals surface area contributed by atoms with Gasteiger partial charge in [0.25, 0.3) is 0 Å². The smallest absolute Gasteiger partial charge is 0.174 e. The fourth-order valence-corrected chi connectivity index (χ4v) is 1.25. The molecule has 0 saturated heterocycles. The zero-order valence-corrected chi connectivity index (χ0v) is 6.34. The number of hydrogen-bond donors (Lipinski definition) is 0. The molecule has 0 bridgehead atoms. The van der Waals surface area contributed by atoms with Crippen molar-refractivity contribution in [1.82, 2.24) is 0 Å². The monoisotopic (exact) mass is 166 g/mol. The van der Waals surface area contributed by atoms with Crippen LogP contribution in [0.2, 0.25) is 0 Å². The maximum absolute atomic E-state index is 12.7. The average molecular weight is 166 g/mol. The number of ketones is 1. The van der Waals surface area contributed by atoms with E-state index < -0.39 is 0 Å². The summed E-state index contributed by atoms with van der Waals surface area (Å²) in [5.74, 6) is 0.288. The molecule has 0 N–H and O–H groups in total. The van der Waals surface area contributed by atoms with Gasteiger partial charge < -0.3 is 4.74 Å². The van der Waals surface area contributed by atoms with Crippen LogP contribution in [0.5, 0.6) is 5.75 Å². The van der Waals surface area contributed by atoms with Crippen LogP contribution in [0.4, 0.5) is 4.39 Å². The van der Waals surface area contributed by atoms with E-state index >= 15 is 0 Å². The number of carbonyl (C=O) groups is 1. The molecule has 0 spiro atoms. The van der Waals surface area contributed by atoms with Crippen LogP contribution in [0.25, 0.3) is 0 Å². The molecule has 0 saturated carbocycles. The van der Waals surface area contributed by atoms with Gasteiger partial charge in [0.1, 0.15) is 18.2 Å². The molecule has 2 rings (SSSR count). The number of halogens is 1. The largest absolute Gasteiger partial charge is 0.486 e. The highest BCUT2D eigenvalue weighted by atomic mass is 19.1. The van der Waals surface area contributed by atoms with Crippen LogP contribution >= 0.6 is 0 Å². The van der Waals surface area contributed by atoms with Crippen LogP contribution in [-0.2, 0) is 11.2 Å². The van der Waals surface area contributed by atoms with Gasteiger partial charge in [-0.1, -0.05) is 0 Å². The minimum absolute atomic E-state index is 0.00639. The quantitative estimate of drug-likeness (QED) is 0.581. The van der Waals surface area contributed by atoms with Crippen molar-refractivity contribution in [2.24, 2.45) is 0 Å². The van der Waals surface area contributed by atoms with Crippen LogP contribution in [-0.4, -0.2) is 12.4 Å². The van der Waals surface area contributed by atoms with Crippen molar-refractivity contribution in [2.75, 3.05) is 6.61 Å². The Morgan fingerprint density at radius 3 is 3.08 bits per heavy atom. The Morgan fingerprint density at radius 2 is 2.25 bits per heavy atom. The van der Waals surface area contributed by atoms with E-state index in [9.17, 15) is 9.18 Å². The fourth-order valence-electron chi connectivity index (χ4n) is 1.25. The molecule has 0 amide bonds. The average Bonchev–Trinajstić information content (AvgIpc) is 2.03. The SMILES string of the molecule is O=C1COc2ccc(F)cc2C1. The number of fused-ring (bicyclic) bond motifs is 1. The van der Waals surface area contributed by atoms with Crippen LogP contribution in [0, 0.1) is 5.82 Å². The van der Waals surface area contributed by atoms with E-state index in [1.807, 2.05) is 0 Å². The van der Waals surface area contributed by atoms with E-state index in [1.54, 1.807) is 6.07 Å². The van der Waals surface area contributed by atoms with Crippen LogP contribution in [0.15, 0.2) is 18.2 Å². The number of Topliss-reactive ketones (excluding diaryl/α,β-unsaturated/α-hetero) is 1. The third-order valence-corrected chi connectivity index (χ3v) is 1.80. The van der Waals surface area contributed by atoms with Gasteiger partial charge in [0.05, 0.1) is 0 Å². The molecule has 62 valence electrons. The standard InChI is InChI=1S/C9H7FO2/c10-7-1-2-9-6(3-7)4-8(11)5-12-9/h1-3H,4-5H2. The van der Waals surface area contributed by atoms with Gasteiger partial charge in [-0.2, -0.15) is 0 Å². The van der Waals surface area contributed by atoms with Crippen LogP contribution < -0.4 is 4.74 Å². The van der Waals surface area contributed by atoms with E-state index in [0.29, 0.717) is 11.3 Å². The van der Waals surface area contributed by atoms with Crippen LogP contribution in [0.1, 0.15) is 5.56 Å². The maximum Gasteiger partial charge on any atom is 0.174 e. The lowest BCUT2D eigenvalue weighted by Crippen LogP contribution is -2.20. The van der Waals surface area contributed by atoms with E-state index in [0.717, 1.165) is 0 Å². The second-order valence-electron chi connectivity index (χ2n) is 2.76. The summed E-state index contributed by atoms with van der Waals surface area (Å²) in [7, 11) is 0. The Hall–Kier alpha value is -1.38. The summed E-state index contributed by atoms with van der Waals surface area (Å²) in [6, 6.07) is 4.22. The first-order valence-corrected chi connectivity index (χ1v) is 3.68. The van der Waals surface area contributed by atoms with Crippen molar-refractivity contribution in [3.05, 3.63) is 29.6 Å². The summed E-state index contributed by atoms with van der Waals surface area (Å²) in [5.41, 5.74) is 0.645. The summed E-state index contributed by atoms with van der Waals surface area (Å²) in [5, 5.41) is 0. The molecule has 1 aromatic rings. The van der Waals surface area contributed by atoms with Crippen molar-refractivity contribution in [3.63, 3.8) is 0 Å². The molecule has 0 atom stereocenters. The first-order valence-electron chi connectivity index (χ1n) is 3.68. The molecule has 3 heteroatoms. The lowest BCUT2D eigenvalue weighted by Gasteiger charge is -2.15. The molecule has 0 aliphatic carbocycles. The predicted molar refractivity (Wildman–Crippen MR) is 40.6 cm³/mol. The van der Waals surface area contributed by atoms with Crippen molar-refractivity contribution in [3.8, 4) is 5.75 Å². The van der Waals surface area contributed by atoms with Crippen molar-refractivity contribution < 1.29 is 13.9 Å². The topological polar surface area (TPSA) is 26.3 Å². The molecule has 1 aliphatic heterocycles. The van der Waals surface area contributed by atoms with Gasteiger partial charge in [0, 0.05) is 12.0 Å². The molecule has 12 heavy (non-hydrogen) atoms. The second kappa shape index (κ2) is 2.59. The Labute approximate surface area is 69.0 Å². The van der Waals surface area contributed by atoms with E-state index in [-0.39, 0.29) is 24.6 Å². The normalized spacial score (nSPS) is 15.2. The molecular formula is C9H7FO2. The third-order valence-electron chi connectivity index (χ3n) is 1.80. The highest BCUT2D eigenvalue weighted by Crippen LogP contribution is 2.23. The van der Waals surface area contributed by atoms with E-state index in [4.69, 9.17) is 4.74 Å². The molecule has 1 aliphatic rings. The predicted octanol–water partition coefficient (Wildman–Crippen LogP) is 1.33. The molecule has 0 unspecified atom stereocenters. The van der Waals surface area contributed by atoms with Gasteiger partial charge in [0.15, 0.2) is 5.78 Å². The molecule has 0 fully saturated rings. The summed E-state index contributed by atoms with van der Waals surface area (Å²) in [4.78, 5) is 10.9. The number of rotatable bonds is 0. The zero-order valence-electron chi connectivity index (χ0n) is 6.34. The highest BCUT2D eigenvalue weighted by Gasteiger charge is 2.16. The number of benzene rings is 1. The fraction of sp³-hybridized carbons (Fsp3) is 0.222. The molecule has 1 aromatic carbocycles. The Kier molecular flexibility index (Phi) is 1.57. The van der Waals surface area contributed by atoms with Gasteiger partial charge in [-0.3, -0.25) is 4.79 Å². The minimum Gasteiger partial charge on any atom is -0.486 e. The molecule has 0 radical (unpaired) electrons. The van der Waals surface area contributed by atoms with Gasteiger partial charge in [-0.05, 0) is 18.2 Å². The van der Waals surface area contributed by atoms with Gasteiger partial charge >= 0.3 is 0 Å². The minimum atomic E-state index is -0.327. The molecular weight excluding hydrogens is 159 g/mol. The van der Waals surface area contributed by atoms with Gasteiger partial charge in [-0.15, -0.1) is 0 Å². The Morgan fingerprint density at radius 1 is 1.42 bits per heavy atom. The first-order chi connectivity index (χ1) is 5.75. The van der Waals surface area contributed by atoms with Gasteiger partial charge in [-0.25, -0.2) is 4.39 Å². The summed E-state index contributed by atoms with van der Waals surface area (Å²) >= 11 is 0. The lowest BCUT2D eigenvalue weighted by molar-refractivity contribution is -0.121. The Balaban J connectivity index is 2.44. The van der Waals surface area contributed by atoms with Crippen molar-refractivity contribution in [2.45, 2.75) is 6.42 Å². The second-order valence-corrected chi connectivity index (χ2v) is 2.76. The highest BCUT2D eigenvalue weighted by molar-refractivity contribution is 5.84. The summed E-state index contributed by atoms with van der Waals surface area (Å²) in [6.07, 6.45) is 0.285. The molecule has 1 heterocycles. The van der Waals surface area contributed by atoms with Crippen molar-refractivity contribution in [1.29, 1.82) is 0 Å². The lowest BCUT2D eigenvalue weighted by atomic mass is 10.1.